The number of rotatable bonds is 9. The van der Waals surface area contributed by atoms with Crippen molar-refractivity contribution in [2.75, 3.05) is 34.5 Å². The summed E-state index contributed by atoms with van der Waals surface area (Å²) in [5, 5.41) is 6.12. The van der Waals surface area contributed by atoms with E-state index in [4.69, 9.17) is 23.5 Å². The first-order chi connectivity index (χ1) is 18.1. The lowest BCUT2D eigenvalue weighted by atomic mass is 9.91. The highest BCUT2D eigenvalue weighted by Crippen LogP contribution is 2.39. The number of benzene rings is 2. The molecule has 0 saturated heterocycles. The van der Waals surface area contributed by atoms with Gasteiger partial charge < -0.3 is 28.4 Å². The number of hydrogen-bond donors (Lipinski definition) is 0. The van der Waals surface area contributed by atoms with Gasteiger partial charge in [0.05, 0.1) is 44.4 Å². The van der Waals surface area contributed by atoms with Gasteiger partial charge >= 0.3 is 0 Å². The van der Waals surface area contributed by atoms with Crippen LogP contribution < -0.4 is 18.9 Å². The number of thiophene rings is 1. The number of methoxy groups -OCH3 is 3. The molecule has 0 saturated carbocycles. The lowest BCUT2D eigenvalue weighted by molar-refractivity contribution is -0.134. The van der Waals surface area contributed by atoms with Crippen LogP contribution in [-0.4, -0.2) is 50.4 Å². The second kappa shape index (κ2) is 11.0. The summed E-state index contributed by atoms with van der Waals surface area (Å²) < 4.78 is 28.0. The number of aromatic nitrogens is 1. The topological polar surface area (TPSA) is 83.3 Å². The van der Waals surface area contributed by atoms with Crippen LogP contribution >= 0.6 is 11.3 Å². The second-order valence-corrected chi connectivity index (χ2v) is 9.53. The number of nitrogens with zero attached hydrogens (tertiary/aromatic N) is 2. The minimum atomic E-state index is -0.318. The third-order valence-corrected chi connectivity index (χ3v) is 7.33. The summed E-state index contributed by atoms with van der Waals surface area (Å²) in [7, 11) is 4.85. The standard InChI is InChI=1S/C28H28N2O6S/c1-32-20-6-8-21(9-7-20)35-17-23-22-16-25(34-3)24(33-2)13-18(22)10-11-30(23)28(31)15-19-14-26(36-29-19)27-5-4-12-37-27/h4-9,12-14,16,23H,10-11,15,17H2,1-3H3. The summed E-state index contributed by atoms with van der Waals surface area (Å²) >= 11 is 1.57. The van der Waals surface area contributed by atoms with E-state index in [1.807, 2.05) is 64.9 Å². The van der Waals surface area contributed by atoms with Crippen LogP contribution in [0.5, 0.6) is 23.0 Å². The molecule has 2 aromatic carbocycles. The maximum Gasteiger partial charge on any atom is 0.229 e. The molecule has 9 heteroatoms. The molecule has 1 amide bonds. The van der Waals surface area contributed by atoms with Crippen molar-refractivity contribution in [2.24, 2.45) is 0 Å². The Kier molecular flexibility index (Phi) is 7.32. The number of carbonyl (C=O) groups is 1. The lowest BCUT2D eigenvalue weighted by Crippen LogP contribution is -2.43. The summed E-state index contributed by atoms with van der Waals surface area (Å²) in [5.41, 5.74) is 2.68. The van der Waals surface area contributed by atoms with Crippen LogP contribution in [0.1, 0.15) is 22.9 Å². The highest BCUT2D eigenvalue weighted by Gasteiger charge is 2.33. The minimum Gasteiger partial charge on any atom is -0.497 e. The normalized spacial score (nSPS) is 14.7. The van der Waals surface area contributed by atoms with E-state index in [1.165, 1.54) is 0 Å². The van der Waals surface area contributed by atoms with Crippen molar-refractivity contribution in [3.05, 3.63) is 76.8 Å². The Morgan fingerprint density at radius 3 is 2.49 bits per heavy atom. The van der Waals surface area contributed by atoms with E-state index in [-0.39, 0.29) is 25.0 Å². The smallest absolute Gasteiger partial charge is 0.229 e. The summed E-state index contributed by atoms with van der Waals surface area (Å²) in [6.45, 7) is 0.827. The number of fused-ring (bicyclic) bond motifs is 1. The Labute approximate surface area is 219 Å². The van der Waals surface area contributed by atoms with Crippen LogP contribution in [0, 0.1) is 0 Å². The molecule has 0 radical (unpaired) electrons. The van der Waals surface area contributed by atoms with Crippen LogP contribution in [0.25, 0.3) is 10.6 Å². The molecule has 37 heavy (non-hydrogen) atoms. The van der Waals surface area contributed by atoms with E-state index in [2.05, 4.69) is 5.16 Å². The monoisotopic (exact) mass is 520 g/mol. The van der Waals surface area contributed by atoms with Gasteiger partial charge in [0.2, 0.25) is 5.91 Å². The van der Waals surface area contributed by atoms with Gasteiger partial charge in [-0.25, -0.2) is 0 Å². The van der Waals surface area contributed by atoms with Gasteiger partial charge in [0.25, 0.3) is 0 Å². The largest absolute Gasteiger partial charge is 0.497 e. The second-order valence-electron chi connectivity index (χ2n) is 8.58. The maximum absolute atomic E-state index is 13.6. The molecule has 1 aliphatic rings. The predicted octanol–water partition coefficient (Wildman–Crippen LogP) is 5.18. The summed E-state index contributed by atoms with van der Waals surface area (Å²) in [4.78, 5) is 16.4. The molecule has 1 atom stereocenters. The highest BCUT2D eigenvalue weighted by atomic mass is 32.1. The SMILES string of the molecule is COc1ccc(OCC2c3cc(OC)c(OC)cc3CCN2C(=O)Cc2cc(-c3cccs3)on2)cc1. The van der Waals surface area contributed by atoms with Crippen molar-refractivity contribution < 1.29 is 28.3 Å². The van der Waals surface area contributed by atoms with Gasteiger partial charge in [-0.2, -0.15) is 0 Å². The van der Waals surface area contributed by atoms with Crippen LogP contribution in [-0.2, 0) is 17.6 Å². The molecule has 1 unspecified atom stereocenters. The van der Waals surface area contributed by atoms with Crippen molar-refractivity contribution >= 4 is 17.2 Å². The van der Waals surface area contributed by atoms with Gasteiger partial charge in [0, 0.05) is 12.6 Å². The first-order valence-corrected chi connectivity index (χ1v) is 12.8. The van der Waals surface area contributed by atoms with Gasteiger partial charge in [0.15, 0.2) is 17.3 Å². The molecule has 8 nitrogen and oxygen atoms in total. The van der Waals surface area contributed by atoms with Crippen LogP contribution in [0.4, 0.5) is 0 Å². The first kappa shape index (κ1) is 24.7. The third-order valence-electron chi connectivity index (χ3n) is 6.45. The van der Waals surface area contributed by atoms with Crippen molar-refractivity contribution in [3.8, 4) is 33.6 Å². The Morgan fingerprint density at radius 1 is 1.03 bits per heavy atom. The number of carbonyl (C=O) groups excluding carboxylic acids is 1. The molecule has 0 aliphatic carbocycles. The Bertz CT molecular complexity index is 1350. The van der Waals surface area contributed by atoms with E-state index in [9.17, 15) is 4.79 Å². The van der Waals surface area contributed by atoms with Gasteiger partial charge in [-0.15, -0.1) is 11.3 Å². The van der Waals surface area contributed by atoms with Crippen molar-refractivity contribution in [3.63, 3.8) is 0 Å². The molecular formula is C28H28N2O6S. The maximum atomic E-state index is 13.6. The first-order valence-electron chi connectivity index (χ1n) is 11.9. The van der Waals surface area contributed by atoms with Gasteiger partial charge in [0.1, 0.15) is 18.1 Å². The van der Waals surface area contributed by atoms with Crippen LogP contribution in [0.2, 0.25) is 0 Å². The molecule has 0 N–H and O–H groups in total. The van der Waals surface area contributed by atoms with Gasteiger partial charge in [-0.1, -0.05) is 11.2 Å². The van der Waals surface area contributed by atoms with E-state index >= 15 is 0 Å². The molecule has 0 fully saturated rings. The number of ether oxygens (including phenoxy) is 4. The van der Waals surface area contributed by atoms with E-state index in [0.717, 1.165) is 21.8 Å². The summed E-state index contributed by atoms with van der Waals surface area (Å²) in [5.74, 6) is 3.34. The third kappa shape index (κ3) is 5.27. The van der Waals surface area contributed by atoms with Crippen molar-refractivity contribution in [1.82, 2.24) is 10.1 Å². The quantitative estimate of drug-likeness (QED) is 0.301. The lowest BCUT2D eigenvalue weighted by Gasteiger charge is -2.37. The van der Waals surface area contributed by atoms with E-state index in [1.54, 1.807) is 32.7 Å². The zero-order valence-corrected chi connectivity index (χ0v) is 21.7. The average molecular weight is 521 g/mol. The Morgan fingerprint density at radius 2 is 1.78 bits per heavy atom. The zero-order chi connectivity index (χ0) is 25.8. The number of amides is 1. The molecule has 0 spiro atoms. The van der Waals surface area contributed by atoms with Crippen LogP contribution in [0.3, 0.4) is 0 Å². The molecule has 3 heterocycles. The van der Waals surface area contributed by atoms with Crippen LogP contribution in [0.15, 0.2) is 64.5 Å². The Hall–Kier alpha value is -3.98. The molecule has 192 valence electrons. The fraction of sp³-hybridized carbons (Fsp3) is 0.286. The molecule has 0 bridgehead atoms. The van der Waals surface area contributed by atoms with E-state index < -0.39 is 0 Å². The molecule has 2 aromatic heterocycles. The van der Waals surface area contributed by atoms with Crippen molar-refractivity contribution in [2.45, 2.75) is 18.9 Å². The Balaban J connectivity index is 1.40. The molecule has 1 aliphatic heterocycles. The average Bonchev–Trinajstić information content (AvgIpc) is 3.63. The molecule has 5 rings (SSSR count). The van der Waals surface area contributed by atoms with Crippen molar-refractivity contribution in [1.29, 1.82) is 0 Å². The molecular weight excluding hydrogens is 492 g/mol. The zero-order valence-electron chi connectivity index (χ0n) is 20.9. The van der Waals surface area contributed by atoms with Gasteiger partial charge in [-0.3, -0.25) is 4.79 Å². The summed E-state index contributed by atoms with van der Waals surface area (Å²) in [6.07, 6.45) is 0.830. The fourth-order valence-corrected chi connectivity index (χ4v) is 5.21. The van der Waals surface area contributed by atoms with Gasteiger partial charge in [-0.05, 0) is 65.4 Å². The highest BCUT2D eigenvalue weighted by molar-refractivity contribution is 7.13. The van der Waals surface area contributed by atoms with E-state index in [0.29, 0.717) is 41.7 Å². The molecule has 4 aromatic rings. The minimum absolute atomic E-state index is 0.0465. The number of hydrogen-bond acceptors (Lipinski definition) is 8. The predicted molar refractivity (Wildman–Crippen MR) is 140 cm³/mol. The summed E-state index contributed by atoms with van der Waals surface area (Å²) in [6, 6.07) is 16.8. The fourth-order valence-electron chi connectivity index (χ4n) is 4.54.